The molecule has 1 atom stereocenters. The zero-order valence-electron chi connectivity index (χ0n) is 5.77. The molecule has 1 aliphatic rings. The van der Waals surface area contributed by atoms with Crippen molar-refractivity contribution in [2.45, 2.75) is 5.01 Å². The summed E-state index contributed by atoms with van der Waals surface area (Å²) in [5, 5.41) is 9.15. The molecule has 12 heavy (non-hydrogen) atoms. The van der Waals surface area contributed by atoms with Crippen molar-refractivity contribution in [1.29, 1.82) is 0 Å². The van der Waals surface area contributed by atoms with E-state index in [1.54, 1.807) is 0 Å². The molecule has 1 aliphatic heterocycles. The number of hydrogen-bond acceptors (Lipinski definition) is 4. The van der Waals surface area contributed by atoms with Gasteiger partial charge in [0.05, 0.1) is 11.0 Å². The summed E-state index contributed by atoms with van der Waals surface area (Å²) in [7, 11) is 0. The van der Waals surface area contributed by atoms with Crippen LogP contribution in [0.2, 0.25) is 0 Å². The zero-order chi connectivity index (χ0) is 9.14. The highest BCUT2D eigenvalue weighted by Crippen LogP contribution is 2.19. The molecule has 0 aromatic carbocycles. The van der Waals surface area contributed by atoms with Gasteiger partial charge in [-0.25, -0.2) is 0 Å². The van der Waals surface area contributed by atoms with Crippen LogP contribution in [0, 0.1) is 10.1 Å². The molecule has 1 unspecified atom stereocenters. The molecule has 0 saturated heterocycles. The molecule has 64 valence electrons. The first-order valence-corrected chi connectivity index (χ1v) is 3.89. The van der Waals surface area contributed by atoms with Gasteiger partial charge in [-0.3, -0.25) is 14.9 Å². The number of carbonyl (C=O) groups is 1. The van der Waals surface area contributed by atoms with Gasteiger partial charge < -0.3 is 4.74 Å². The predicted octanol–water partition coefficient (Wildman–Crippen LogP) is 0.981. The molecule has 0 bridgehead atoms. The normalized spacial score (nSPS) is 22.6. The molecule has 0 fully saturated rings. The number of hydrogen-bond donors (Lipinski definition) is 0. The van der Waals surface area contributed by atoms with Crippen LogP contribution in [0.3, 0.4) is 0 Å². The van der Waals surface area contributed by atoms with E-state index in [0.29, 0.717) is 6.20 Å². The lowest BCUT2D eigenvalue weighted by Crippen LogP contribution is -2.05. The van der Waals surface area contributed by atoms with Gasteiger partial charge in [-0.1, -0.05) is 0 Å². The van der Waals surface area contributed by atoms with Crippen LogP contribution in [0.25, 0.3) is 0 Å². The monoisotopic (exact) mass is 233 g/mol. The standard InChI is InChI=1S/C6H4BrNO4/c7-6-5(9)3-4(12-6)1-2-8(10)11/h1-3,6H. The van der Waals surface area contributed by atoms with E-state index in [4.69, 9.17) is 4.74 Å². The lowest BCUT2D eigenvalue weighted by Gasteiger charge is -1.99. The van der Waals surface area contributed by atoms with Crippen LogP contribution in [0.1, 0.15) is 0 Å². The molecule has 0 aromatic rings. The molecular formula is C6H4BrNO4. The van der Waals surface area contributed by atoms with Crippen LogP contribution in [0.5, 0.6) is 0 Å². The highest BCUT2D eigenvalue weighted by atomic mass is 79.9. The number of nitro groups is 1. The molecule has 0 aliphatic carbocycles. The lowest BCUT2D eigenvalue weighted by molar-refractivity contribution is -0.402. The Morgan fingerprint density at radius 1 is 1.75 bits per heavy atom. The third-order valence-electron chi connectivity index (χ3n) is 1.11. The first-order chi connectivity index (χ1) is 5.59. The number of carbonyl (C=O) groups excluding carboxylic acids is 1. The summed E-state index contributed by atoms with van der Waals surface area (Å²) in [6.45, 7) is 0. The Bertz CT molecular complexity index is 283. The summed E-state index contributed by atoms with van der Waals surface area (Å²) in [6.07, 6.45) is 3.03. The van der Waals surface area contributed by atoms with E-state index in [1.807, 2.05) is 0 Å². The number of ketones is 1. The van der Waals surface area contributed by atoms with Crippen molar-refractivity contribution in [3.63, 3.8) is 0 Å². The van der Waals surface area contributed by atoms with Gasteiger partial charge in [0.15, 0.2) is 0 Å². The molecule has 0 N–H and O–H groups in total. The molecule has 0 spiro atoms. The van der Waals surface area contributed by atoms with E-state index in [0.717, 1.165) is 6.08 Å². The maximum absolute atomic E-state index is 10.8. The van der Waals surface area contributed by atoms with E-state index in [-0.39, 0.29) is 11.5 Å². The summed E-state index contributed by atoms with van der Waals surface area (Å²) in [6, 6.07) is 0. The molecule has 1 heterocycles. The molecule has 0 amide bonds. The van der Waals surface area contributed by atoms with Gasteiger partial charge in [-0.2, -0.15) is 0 Å². The maximum atomic E-state index is 10.8. The Hall–Kier alpha value is -1.17. The van der Waals surface area contributed by atoms with Crippen LogP contribution in [0.15, 0.2) is 24.1 Å². The van der Waals surface area contributed by atoms with Crippen molar-refractivity contribution in [2.24, 2.45) is 0 Å². The Kier molecular flexibility index (Phi) is 2.59. The van der Waals surface area contributed by atoms with E-state index in [2.05, 4.69) is 15.9 Å². The number of alkyl halides is 1. The molecular weight excluding hydrogens is 230 g/mol. The van der Waals surface area contributed by atoms with Gasteiger partial charge in [0.25, 0.3) is 0 Å². The summed E-state index contributed by atoms with van der Waals surface area (Å²) in [5.41, 5.74) is 0. The predicted molar refractivity (Wildman–Crippen MR) is 43.0 cm³/mol. The van der Waals surface area contributed by atoms with Crippen LogP contribution in [-0.2, 0) is 9.53 Å². The van der Waals surface area contributed by atoms with Crippen molar-refractivity contribution in [2.75, 3.05) is 0 Å². The van der Waals surface area contributed by atoms with Crippen molar-refractivity contribution in [3.05, 3.63) is 34.2 Å². The number of halogens is 1. The highest BCUT2D eigenvalue weighted by Gasteiger charge is 2.22. The fraction of sp³-hybridized carbons (Fsp3) is 0.167. The van der Waals surface area contributed by atoms with Crippen LogP contribution in [0.4, 0.5) is 0 Å². The maximum Gasteiger partial charge on any atom is 0.238 e. The average molecular weight is 234 g/mol. The number of nitrogens with zero attached hydrogens (tertiary/aromatic N) is 1. The Labute approximate surface area is 76.0 Å². The quantitative estimate of drug-likeness (QED) is 0.405. The van der Waals surface area contributed by atoms with Crippen molar-refractivity contribution >= 4 is 21.7 Å². The molecule has 0 aromatic heterocycles. The van der Waals surface area contributed by atoms with Gasteiger partial charge in [0.1, 0.15) is 5.76 Å². The second-order valence-corrected chi connectivity index (χ2v) is 2.82. The van der Waals surface area contributed by atoms with Crippen molar-refractivity contribution < 1.29 is 14.5 Å². The van der Waals surface area contributed by atoms with Crippen molar-refractivity contribution in [3.8, 4) is 0 Å². The van der Waals surface area contributed by atoms with Gasteiger partial charge in [0, 0.05) is 6.08 Å². The summed E-state index contributed by atoms with van der Waals surface area (Å²) < 4.78 is 4.86. The van der Waals surface area contributed by atoms with E-state index < -0.39 is 9.94 Å². The SMILES string of the molecule is O=C1C=C(C=C[N+](=O)[O-])OC1Br. The average Bonchev–Trinajstić information content (AvgIpc) is 2.28. The minimum Gasteiger partial charge on any atom is -0.471 e. The van der Waals surface area contributed by atoms with Gasteiger partial charge in [-0.15, -0.1) is 0 Å². The second kappa shape index (κ2) is 3.48. The van der Waals surface area contributed by atoms with Gasteiger partial charge in [0.2, 0.25) is 17.0 Å². The first kappa shape index (κ1) is 8.92. The molecule has 0 saturated carbocycles. The minimum absolute atomic E-state index is 0.193. The summed E-state index contributed by atoms with van der Waals surface area (Å²) in [5.74, 6) is -0.0587. The molecule has 6 heteroatoms. The molecule has 1 rings (SSSR count). The largest absolute Gasteiger partial charge is 0.471 e. The Balaban J connectivity index is 2.62. The first-order valence-electron chi connectivity index (χ1n) is 2.97. The minimum atomic E-state index is -0.705. The van der Waals surface area contributed by atoms with Gasteiger partial charge in [-0.05, 0) is 15.9 Å². The number of ether oxygens (including phenoxy) is 1. The lowest BCUT2D eigenvalue weighted by atomic mass is 10.4. The summed E-state index contributed by atoms with van der Waals surface area (Å²) in [4.78, 5) is 20.0. The van der Waals surface area contributed by atoms with E-state index >= 15 is 0 Å². The zero-order valence-corrected chi connectivity index (χ0v) is 7.35. The Morgan fingerprint density at radius 3 is 2.83 bits per heavy atom. The van der Waals surface area contributed by atoms with Crippen LogP contribution < -0.4 is 0 Å². The van der Waals surface area contributed by atoms with Crippen LogP contribution >= 0.6 is 15.9 Å². The Morgan fingerprint density at radius 2 is 2.42 bits per heavy atom. The molecule has 5 nitrogen and oxygen atoms in total. The topological polar surface area (TPSA) is 69.4 Å². The second-order valence-electron chi connectivity index (χ2n) is 1.98. The fourth-order valence-corrected chi connectivity index (χ4v) is 0.987. The van der Waals surface area contributed by atoms with Crippen molar-refractivity contribution in [1.82, 2.24) is 0 Å². The third-order valence-corrected chi connectivity index (χ3v) is 1.75. The third kappa shape index (κ3) is 2.16. The van der Waals surface area contributed by atoms with Gasteiger partial charge >= 0.3 is 0 Å². The van der Waals surface area contributed by atoms with E-state index in [9.17, 15) is 14.9 Å². The van der Waals surface area contributed by atoms with Crippen LogP contribution in [-0.4, -0.2) is 15.7 Å². The number of allylic oxidation sites excluding steroid dienone is 1. The highest BCUT2D eigenvalue weighted by molar-refractivity contribution is 9.09. The fourth-order valence-electron chi connectivity index (χ4n) is 0.639. The molecule has 0 radical (unpaired) electrons. The number of rotatable bonds is 2. The van der Waals surface area contributed by atoms with E-state index in [1.165, 1.54) is 6.08 Å². The smallest absolute Gasteiger partial charge is 0.238 e. The summed E-state index contributed by atoms with van der Waals surface area (Å²) >= 11 is 2.92.